The molecule has 0 fully saturated rings. The molecule has 2 nitrogen and oxygen atoms in total. The van der Waals surface area contributed by atoms with Gasteiger partial charge >= 0.3 is 0 Å². The fourth-order valence-corrected chi connectivity index (χ4v) is 1.65. The SMILES string of the molecule is O=C(c1ccc(Cl)cc1)c1c(F)cc(O)cc1F. The van der Waals surface area contributed by atoms with Crippen LogP contribution in [-0.4, -0.2) is 10.9 Å². The molecule has 18 heavy (non-hydrogen) atoms. The Kier molecular flexibility index (Phi) is 3.30. The zero-order chi connectivity index (χ0) is 13.3. The summed E-state index contributed by atoms with van der Waals surface area (Å²) in [4.78, 5) is 11.9. The lowest BCUT2D eigenvalue weighted by Crippen LogP contribution is -2.07. The molecule has 5 heteroatoms. The molecule has 2 aromatic rings. The minimum Gasteiger partial charge on any atom is -0.508 e. The van der Waals surface area contributed by atoms with Crippen LogP contribution in [0, 0.1) is 11.6 Å². The van der Waals surface area contributed by atoms with Crippen LogP contribution in [0.3, 0.4) is 0 Å². The predicted molar refractivity (Wildman–Crippen MR) is 62.9 cm³/mol. The van der Waals surface area contributed by atoms with Crippen molar-refractivity contribution in [2.75, 3.05) is 0 Å². The number of ketones is 1. The minimum atomic E-state index is -1.10. The summed E-state index contributed by atoms with van der Waals surface area (Å²) in [6.45, 7) is 0. The first kappa shape index (κ1) is 12.5. The Bertz CT molecular complexity index is 586. The van der Waals surface area contributed by atoms with Crippen LogP contribution in [0.5, 0.6) is 5.75 Å². The third kappa shape index (κ3) is 2.33. The van der Waals surface area contributed by atoms with Gasteiger partial charge in [-0.2, -0.15) is 0 Å². The van der Waals surface area contributed by atoms with Gasteiger partial charge in [0.25, 0.3) is 0 Å². The van der Waals surface area contributed by atoms with Gasteiger partial charge < -0.3 is 5.11 Å². The number of phenols is 1. The number of aromatic hydroxyl groups is 1. The maximum Gasteiger partial charge on any atom is 0.198 e. The van der Waals surface area contributed by atoms with E-state index in [4.69, 9.17) is 16.7 Å². The minimum absolute atomic E-state index is 0.114. The van der Waals surface area contributed by atoms with E-state index in [1.165, 1.54) is 24.3 Å². The Labute approximate surface area is 106 Å². The van der Waals surface area contributed by atoms with Crippen LogP contribution in [0.1, 0.15) is 15.9 Å². The fraction of sp³-hybridized carbons (Fsp3) is 0. The first-order valence-corrected chi connectivity index (χ1v) is 5.35. The third-order valence-electron chi connectivity index (χ3n) is 2.36. The molecule has 2 aromatic carbocycles. The van der Waals surface area contributed by atoms with E-state index in [0.29, 0.717) is 17.2 Å². The Hall–Kier alpha value is -1.94. The maximum atomic E-state index is 13.5. The van der Waals surface area contributed by atoms with Crippen molar-refractivity contribution >= 4 is 17.4 Å². The molecular weight excluding hydrogens is 262 g/mol. The first-order chi connectivity index (χ1) is 8.49. The van der Waals surface area contributed by atoms with Crippen LogP contribution in [0.4, 0.5) is 8.78 Å². The number of rotatable bonds is 2. The molecule has 0 radical (unpaired) electrons. The molecule has 0 saturated heterocycles. The number of carbonyl (C=O) groups is 1. The van der Waals surface area contributed by atoms with Crippen LogP contribution < -0.4 is 0 Å². The summed E-state index contributed by atoms with van der Waals surface area (Å²) in [5.41, 5.74) is -0.585. The molecular formula is C13H7ClF2O2. The van der Waals surface area contributed by atoms with E-state index in [-0.39, 0.29) is 5.56 Å². The molecule has 0 heterocycles. The van der Waals surface area contributed by atoms with Gasteiger partial charge in [0.2, 0.25) is 0 Å². The Morgan fingerprint density at radius 2 is 1.56 bits per heavy atom. The second-order valence-corrected chi connectivity index (χ2v) is 4.06. The normalized spacial score (nSPS) is 10.4. The van der Waals surface area contributed by atoms with Crippen LogP contribution in [0.25, 0.3) is 0 Å². The lowest BCUT2D eigenvalue weighted by atomic mass is 10.0. The average molecular weight is 269 g/mol. The van der Waals surface area contributed by atoms with Crippen molar-refractivity contribution < 1.29 is 18.7 Å². The molecule has 0 aliphatic rings. The number of hydrogen-bond donors (Lipinski definition) is 1. The first-order valence-electron chi connectivity index (χ1n) is 4.97. The summed E-state index contributed by atoms with van der Waals surface area (Å²) >= 11 is 5.65. The second-order valence-electron chi connectivity index (χ2n) is 3.62. The Balaban J connectivity index is 2.49. The van der Waals surface area contributed by atoms with Gasteiger partial charge in [0.1, 0.15) is 17.4 Å². The highest BCUT2D eigenvalue weighted by molar-refractivity contribution is 6.30. The lowest BCUT2D eigenvalue weighted by molar-refractivity contribution is 0.103. The molecule has 0 atom stereocenters. The van der Waals surface area contributed by atoms with E-state index in [1.54, 1.807) is 0 Å². The maximum absolute atomic E-state index is 13.5. The quantitative estimate of drug-likeness (QED) is 0.846. The molecule has 0 unspecified atom stereocenters. The highest BCUT2D eigenvalue weighted by atomic mass is 35.5. The highest BCUT2D eigenvalue weighted by Gasteiger charge is 2.20. The lowest BCUT2D eigenvalue weighted by Gasteiger charge is -2.05. The van der Waals surface area contributed by atoms with Gasteiger partial charge in [-0.3, -0.25) is 4.79 Å². The summed E-state index contributed by atoms with van der Waals surface area (Å²) in [5, 5.41) is 9.41. The Morgan fingerprint density at radius 1 is 1.06 bits per heavy atom. The largest absolute Gasteiger partial charge is 0.508 e. The molecule has 1 N–H and O–H groups in total. The molecule has 0 spiro atoms. The van der Waals surface area contributed by atoms with Crippen molar-refractivity contribution in [1.29, 1.82) is 0 Å². The van der Waals surface area contributed by atoms with Crippen LogP contribution in [0.2, 0.25) is 5.02 Å². The molecule has 0 bridgehead atoms. The van der Waals surface area contributed by atoms with Crippen LogP contribution in [-0.2, 0) is 0 Å². The summed E-state index contributed by atoms with van der Waals surface area (Å²) in [7, 11) is 0. The number of phenolic OH excluding ortho intramolecular Hbond substituents is 1. The Morgan fingerprint density at radius 3 is 2.06 bits per heavy atom. The molecule has 0 aliphatic carbocycles. The monoisotopic (exact) mass is 268 g/mol. The number of hydrogen-bond acceptors (Lipinski definition) is 2. The molecule has 0 saturated carbocycles. The number of carbonyl (C=O) groups excluding carboxylic acids is 1. The van der Waals surface area contributed by atoms with Gasteiger partial charge in [-0.15, -0.1) is 0 Å². The summed E-state index contributed by atoms with van der Waals surface area (Å²) in [5.74, 6) is -3.58. The van der Waals surface area contributed by atoms with E-state index in [1.807, 2.05) is 0 Å². The standard InChI is InChI=1S/C13H7ClF2O2/c14-8-3-1-7(2-4-8)13(18)12-10(15)5-9(17)6-11(12)16/h1-6,17H. The third-order valence-corrected chi connectivity index (χ3v) is 2.61. The fourth-order valence-electron chi connectivity index (χ4n) is 1.52. The van der Waals surface area contributed by atoms with Crippen molar-refractivity contribution in [3.63, 3.8) is 0 Å². The summed E-state index contributed by atoms with van der Waals surface area (Å²) < 4.78 is 27.0. The zero-order valence-corrected chi connectivity index (χ0v) is 9.71. The van der Waals surface area contributed by atoms with Crippen molar-refractivity contribution in [2.24, 2.45) is 0 Å². The van der Waals surface area contributed by atoms with Crippen LogP contribution in [0.15, 0.2) is 36.4 Å². The van der Waals surface area contributed by atoms with Crippen LogP contribution >= 0.6 is 11.6 Å². The topological polar surface area (TPSA) is 37.3 Å². The van der Waals surface area contributed by atoms with E-state index in [9.17, 15) is 13.6 Å². The second kappa shape index (κ2) is 4.74. The van der Waals surface area contributed by atoms with Crippen molar-refractivity contribution in [2.45, 2.75) is 0 Å². The van der Waals surface area contributed by atoms with E-state index < -0.39 is 28.7 Å². The molecule has 0 amide bonds. The smallest absolute Gasteiger partial charge is 0.198 e. The highest BCUT2D eigenvalue weighted by Crippen LogP contribution is 2.22. The predicted octanol–water partition coefficient (Wildman–Crippen LogP) is 3.55. The van der Waals surface area contributed by atoms with Crippen molar-refractivity contribution in [1.82, 2.24) is 0 Å². The molecule has 0 aromatic heterocycles. The van der Waals surface area contributed by atoms with Gasteiger partial charge in [-0.05, 0) is 24.3 Å². The number of benzene rings is 2. The number of halogens is 3. The van der Waals surface area contributed by atoms with Gasteiger partial charge in [-0.1, -0.05) is 11.6 Å². The summed E-state index contributed by atoms with van der Waals surface area (Å²) in [6.07, 6.45) is 0. The average Bonchev–Trinajstić information content (AvgIpc) is 2.28. The van der Waals surface area contributed by atoms with E-state index >= 15 is 0 Å². The summed E-state index contributed by atoms with van der Waals surface area (Å²) in [6, 6.07) is 7.02. The van der Waals surface area contributed by atoms with E-state index in [2.05, 4.69) is 0 Å². The zero-order valence-electron chi connectivity index (χ0n) is 8.95. The molecule has 92 valence electrons. The van der Waals surface area contributed by atoms with Gasteiger partial charge in [0, 0.05) is 22.7 Å². The molecule has 0 aliphatic heterocycles. The van der Waals surface area contributed by atoms with Gasteiger partial charge in [0.15, 0.2) is 5.78 Å². The van der Waals surface area contributed by atoms with E-state index in [0.717, 1.165) is 0 Å². The van der Waals surface area contributed by atoms with Gasteiger partial charge in [-0.25, -0.2) is 8.78 Å². The van der Waals surface area contributed by atoms with Gasteiger partial charge in [0.05, 0.1) is 5.56 Å². The van der Waals surface area contributed by atoms with Crippen molar-refractivity contribution in [3.05, 3.63) is 64.2 Å². The molecule has 2 rings (SSSR count). The van der Waals surface area contributed by atoms with Crippen molar-refractivity contribution in [3.8, 4) is 5.75 Å².